The van der Waals surface area contributed by atoms with E-state index in [0.717, 1.165) is 18.2 Å². The van der Waals surface area contributed by atoms with E-state index in [1.165, 1.54) is 18.2 Å². The van der Waals surface area contributed by atoms with E-state index in [-0.39, 0.29) is 33.8 Å². The average molecular weight is 308 g/mol. The van der Waals surface area contributed by atoms with Gasteiger partial charge in [0.25, 0.3) is 0 Å². The Hall–Kier alpha value is -3.84. The maximum absolute atomic E-state index is 11.1. The second-order valence-corrected chi connectivity index (χ2v) is 4.36. The molecule has 0 saturated carbocycles. The standard InChI is InChI=1S/C16H8N2O5/c17-7-9-2-1-3-14(13(9)8-18)23-12-5-10(15(19)20)4-11(6-12)16(21)22/h1-6H,(H,19,20)(H,21,22). The molecule has 7 heteroatoms. The highest BCUT2D eigenvalue weighted by molar-refractivity contribution is 5.94. The quantitative estimate of drug-likeness (QED) is 0.887. The lowest BCUT2D eigenvalue weighted by atomic mass is 10.1. The lowest BCUT2D eigenvalue weighted by molar-refractivity contribution is 0.0696. The third kappa shape index (κ3) is 3.26. The van der Waals surface area contributed by atoms with Crippen LogP contribution in [0.25, 0.3) is 0 Å². The molecule has 2 rings (SSSR count). The van der Waals surface area contributed by atoms with Crippen LogP contribution in [0.15, 0.2) is 36.4 Å². The number of benzene rings is 2. The van der Waals surface area contributed by atoms with Crippen LogP contribution < -0.4 is 4.74 Å². The number of hydrogen-bond donors (Lipinski definition) is 2. The molecule has 0 radical (unpaired) electrons. The van der Waals surface area contributed by atoms with Crippen molar-refractivity contribution in [3.8, 4) is 23.6 Å². The van der Waals surface area contributed by atoms with E-state index in [4.69, 9.17) is 25.5 Å². The predicted molar refractivity (Wildman–Crippen MR) is 76.3 cm³/mol. The number of carboxylic acid groups (broad SMARTS) is 2. The van der Waals surface area contributed by atoms with E-state index in [0.29, 0.717) is 0 Å². The second kappa shape index (κ2) is 6.29. The molecule has 0 atom stereocenters. The monoisotopic (exact) mass is 308 g/mol. The Morgan fingerprint density at radius 2 is 1.57 bits per heavy atom. The summed E-state index contributed by atoms with van der Waals surface area (Å²) in [6, 6.07) is 11.3. The van der Waals surface area contributed by atoms with E-state index in [1.54, 1.807) is 0 Å². The third-order valence-corrected chi connectivity index (χ3v) is 2.89. The maximum Gasteiger partial charge on any atom is 0.335 e. The van der Waals surface area contributed by atoms with Gasteiger partial charge in [0.05, 0.1) is 16.7 Å². The van der Waals surface area contributed by atoms with Crippen molar-refractivity contribution >= 4 is 11.9 Å². The molecule has 0 aliphatic heterocycles. The Morgan fingerprint density at radius 3 is 2.04 bits per heavy atom. The highest BCUT2D eigenvalue weighted by atomic mass is 16.5. The summed E-state index contributed by atoms with van der Waals surface area (Å²) in [6.45, 7) is 0. The van der Waals surface area contributed by atoms with Crippen LogP contribution >= 0.6 is 0 Å². The van der Waals surface area contributed by atoms with Crippen LogP contribution in [-0.4, -0.2) is 22.2 Å². The molecule has 2 aromatic rings. The Labute approximate surface area is 130 Å². The molecule has 112 valence electrons. The summed E-state index contributed by atoms with van der Waals surface area (Å²) in [5, 5.41) is 36.1. The summed E-state index contributed by atoms with van der Waals surface area (Å²) >= 11 is 0. The van der Waals surface area contributed by atoms with Gasteiger partial charge in [-0.15, -0.1) is 0 Å². The van der Waals surface area contributed by atoms with E-state index >= 15 is 0 Å². The molecule has 0 aliphatic carbocycles. The summed E-state index contributed by atoms with van der Waals surface area (Å²) < 4.78 is 5.42. The molecular formula is C16H8N2O5. The number of nitriles is 2. The number of ether oxygens (including phenoxy) is 1. The minimum Gasteiger partial charge on any atom is -0.478 e. The zero-order valence-electron chi connectivity index (χ0n) is 11.5. The number of carbonyl (C=O) groups is 2. The van der Waals surface area contributed by atoms with Crippen LogP contribution in [0.4, 0.5) is 0 Å². The zero-order chi connectivity index (χ0) is 17.0. The third-order valence-electron chi connectivity index (χ3n) is 2.89. The molecule has 2 N–H and O–H groups in total. The molecule has 0 spiro atoms. The molecule has 0 aromatic heterocycles. The second-order valence-electron chi connectivity index (χ2n) is 4.36. The fourth-order valence-corrected chi connectivity index (χ4v) is 1.86. The van der Waals surface area contributed by atoms with Gasteiger partial charge in [0.2, 0.25) is 0 Å². The van der Waals surface area contributed by atoms with Crippen molar-refractivity contribution in [3.05, 3.63) is 58.7 Å². The SMILES string of the molecule is N#Cc1cccc(Oc2cc(C(=O)O)cc(C(=O)O)c2)c1C#N. The Morgan fingerprint density at radius 1 is 0.957 bits per heavy atom. The Kier molecular flexibility index (Phi) is 4.25. The molecule has 0 amide bonds. The van der Waals surface area contributed by atoms with Crippen LogP contribution in [-0.2, 0) is 0 Å². The molecule has 2 aromatic carbocycles. The maximum atomic E-state index is 11.1. The molecule has 7 nitrogen and oxygen atoms in total. The fourth-order valence-electron chi connectivity index (χ4n) is 1.86. The van der Waals surface area contributed by atoms with Gasteiger partial charge in [-0.3, -0.25) is 0 Å². The first-order chi connectivity index (χ1) is 11.0. The Balaban J connectivity index is 2.53. The van der Waals surface area contributed by atoms with E-state index in [9.17, 15) is 9.59 Å². The predicted octanol–water partition coefficient (Wildman–Crippen LogP) is 2.62. The summed E-state index contributed by atoms with van der Waals surface area (Å²) in [4.78, 5) is 22.1. The first-order valence-corrected chi connectivity index (χ1v) is 6.19. The smallest absolute Gasteiger partial charge is 0.335 e. The number of rotatable bonds is 4. The van der Waals surface area contributed by atoms with Crippen LogP contribution in [0.1, 0.15) is 31.8 Å². The van der Waals surface area contributed by atoms with Crippen LogP contribution in [0.2, 0.25) is 0 Å². The lowest BCUT2D eigenvalue weighted by Gasteiger charge is -2.10. The van der Waals surface area contributed by atoms with Crippen LogP contribution in [0.5, 0.6) is 11.5 Å². The van der Waals surface area contributed by atoms with Gasteiger partial charge in [-0.05, 0) is 30.3 Å². The van der Waals surface area contributed by atoms with Crippen molar-refractivity contribution in [2.75, 3.05) is 0 Å². The van der Waals surface area contributed by atoms with Gasteiger partial charge >= 0.3 is 11.9 Å². The minimum atomic E-state index is -1.32. The summed E-state index contributed by atoms with van der Waals surface area (Å²) in [6.07, 6.45) is 0. The number of aromatic carboxylic acids is 2. The van der Waals surface area contributed by atoms with Crippen molar-refractivity contribution in [2.45, 2.75) is 0 Å². The Bertz CT molecular complexity index is 858. The van der Waals surface area contributed by atoms with Gasteiger partial charge in [-0.25, -0.2) is 9.59 Å². The van der Waals surface area contributed by atoms with Gasteiger partial charge in [0.15, 0.2) is 0 Å². The van der Waals surface area contributed by atoms with E-state index in [1.807, 2.05) is 12.1 Å². The summed E-state index contributed by atoms with van der Waals surface area (Å²) in [7, 11) is 0. The van der Waals surface area contributed by atoms with Crippen LogP contribution in [0, 0.1) is 22.7 Å². The van der Waals surface area contributed by atoms with Crippen molar-refractivity contribution in [1.82, 2.24) is 0 Å². The van der Waals surface area contributed by atoms with Crippen molar-refractivity contribution in [3.63, 3.8) is 0 Å². The first-order valence-electron chi connectivity index (χ1n) is 6.19. The molecule has 23 heavy (non-hydrogen) atoms. The molecule has 0 aliphatic rings. The van der Waals surface area contributed by atoms with Crippen molar-refractivity contribution in [1.29, 1.82) is 10.5 Å². The van der Waals surface area contributed by atoms with Crippen LogP contribution in [0.3, 0.4) is 0 Å². The van der Waals surface area contributed by atoms with Crippen molar-refractivity contribution < 1.29 is 24.5 Å². The van der Waals surface area contributed by atoms with E-state index in [2.05, 4.69) is 0 Å². The highest BCUT2D eigenvalue weighted by Crippen LogP contribution is 2.28. The van der Waals surface area contributed by atoms with Gasteiger partial charge in [-0.1, -0.05) is 6.07 Å². The minimum absolute atomic E-state index is 0.0207. The largest absolute Gasteiger partial charge is 0.478 e. The van der Waals surface area contributed by atoms with Gasteiger partial charge < -0.3 is 14.9 Å². The first kappa shape index (κ1) is 15.5. The van der Waals surface area contributed by atoms with Gasteiger partial charge in [-0.2, -0.15) is 10.5 Å². The van der Waals surface area contributed by atoms with E-state index < -0.39 is 11.9 Å². The number of hydrogen-bond acceptors (Lipinski definition) is 5. The molecule has 0 bridgehead atoms. The average Bonchev–Trinajstić information content (AvgIpc) is 2.54. The molecule has 0 fully saturated rings. The fraction of sp³-hybridized carbons (Fsp3) is 0. The molecule has 0 unspecified atom stereocenters. The summed E-state index contributed by atoms with van der Waals surface area (Å²) in [5.74, 6) is -2.66. The summed E-state index contributed by atoms with van der Waals surface area (Å²) in [5.41, 5.74) is -0.463. The number of carboxylic acids is 2. The lowest BCUT2D eigenvalue weighted by Crippen LogP contribution is -2.03. The van der Waals surface area contributed by atoms with Crippen molar-refractivity contribution in [2.24, 2.45) is 0 Å². The molecule has 0 saturated heterocycles. The van der Waals surface area contributed by atoms with Gasteiger partial charge in [0.1, 0.15) is 29.2 Å². The number of nitrogens with zero attached hydrogens (tertiary/aromatic N) is 2. The highest BCUT2D eigenvalue weighted by Gasteiger charge is 2.15. The zero-order valence-corrected chi connectivity index (χ0v) is 11.5. The topological polar surface area (TPSA) is 131 Å². The molecular weight excluding hydrogens is 300 g/mol. The van der Waals surface area contributed by atoms with Gasteiger partial charge in [0, 0.05) is 0 Å². The normalized spacial score (nSPS) is 9.48. The molecule has 0 heterocycles.